The number of hydrogen-bond donors (Lipinski definition) is 2. The number of nitrogens with two attached hydrogens (primary N) is 1. The predicted molar refractivity (Wildman–Crippen MR) is 63.0 cm³/mol. The van der Waals surface area contributed by atoms with Crippen LogP contribution in [-0.4, -0.2) is 10.9 Å². The lowest BCUT2D eigenvalue weighted by Gasteiger charge is -2.07. The summed E-state index contributed by atoms with van der Waals surface area (Å²) in [6.07, 6.45) is 2.09. The van der Waals surface area contributed by atoms with Gasteiger partial charge >= 0.3 is 0 Å². The van der Waals surface area contributed by atoms with E-state index in [1.807, 2.05) is 13.0 Å². The molecular formula is C10H16ClN3O. The first-order valence-corrected chi connectivity index (χ1v) is 4.65. The second-order valence-electron chi connectivity index (χ2n) is 3.16. The Bertz CT molecular complexity index is 328. The van der Waals surface area contributed by atoms with Crippen molar-refractivity contribution in [2.45, 2.75) is 26.3 Å². The van der Waals surface area contributed by atoms with Gasteiger partial charge in [0.1, 0.15) is 5.82 Å². The molecule has 1 rings (SSSR count). The van der Waals surface area contributed by atoms with Crippen LogP contribution < -0.4 is 11.1 Å². The highest BCUT2D eigenvalue weighted by molar-refractivity contribution is 5.89. The Morgan fingerprint density at radius 2 is 2.33 bits per heavy atom. The standard InChI is InChI=1S/C10H15N3O.ClH/c1-3-10(14)13-9-6-8(7(2)11)4-5-12-9;/h4-7H,3,11H2,1-2H3,(H,12,13,14);1H. The third kappa shape index (κ3) is 4.27. The van der Waals surface area contributed by atoms with Gasteiger partial charge in [0.15, 0.2) is 0 Å². The van der Waals surface area contributed by atoms with E-state index in [9.17, 15) is 4.79 Å². The quantitative estimate of drug-likeness (QED) is 0.832. The normalized spacial score (nSPS) is 11.4. The molecule has 0 aliphatic carbocycles. The van der Waals surface area contributed by atoms with E-state index in [-0.39, 0.29) is 24.4 Å². The largest absolute Gasteiger partial charge is 0.324 e. The number of rotatable bonds is 3. The Kier molecular flexibility index (Phi) is 5.89. The lowest BCUT2D eigenvalue weighted by Crippen LogP contribution is -2.12. The van der Waals surface area contributed by atoms with Gasteiger partial charge in [-0.25, -0.2) is 4.98 Å². The maximum atomic E-state index is 11.1. The molecule has 1 unspecified atom stereocenters. The molecule has 15 heavy (non-hydrogen) atoms. The number of halogens is 1. The van der Waals surface area contributed by atoms with Gasteiger partial charge in [0.2, 0.25) is 5.91 Å². The highest BCUT2D eigenvalue weighted by Gasteiger charge is 2.03. The molecule has 0 radical (unpaired) electrons. The van der Waals surface area contributed by atoms with E-state index < -0.39 is 0 Å². The summed E-state index contributed by atoms with van der Waals surface area (Å²) in [7, 11) is 0. The van der Waals surface area contributed by atoms with Crippen LogP contribution in [0.25, 0.3) is 0 Å². The molecule has 1 aromatic heterocycles. The minimum absolute atomic E-state index is 0. The summed E-state index contributed by atoms with van der Waals surface area (Å²) in [6.45, 7) is 3.69. The van der Waals surface area contributed by atoms with E-state index in [2.05, 4.69) is 10.3 Å². The number of pyridine rings is 1. The zero-order valence-corrected chi connectivity index (χ0v) is 9.67. The van der Waals surface area contributed by atoms with Crippen LogP contribution in [-0.2, 0) is 4.79 Å². The number of hydrogen-bond acceptors (Lipinski definition) is 3. The number of nitrogens with one attached hydrogen (secondary N) is 1. The van der Waals surface area contributed by atoms with Gasteiger partial charge in [-0.15, -0.1) is 12.4 Å². The molecule has 5 heteroatoms. The van der Waals surface area contributed by atoms with Crippen molar-refractivity contribution in [3.8, 4) is 0 Å². The van der Waals surface area contributed by atoms with Gasteiger partial charge in [-0.2, -0.15) is 0 Å². The number of carbonyl (C=O) groups excluding carboxylic acids is 1. The SMILES string of the molecule is CCC(=O)Nc1cc(C(C)N)ccn1.Cl. The summed E-state index contributed by atoms with van der Waals surface area (Å²) >= 11 is 0. The lowest BCUT2D eigenvalue weighted by atomic mass is 10.1. The summed E-state index contributed by atoms with van der Waals surface area (Å²) in [4.78, 5) is 15.1. The Balaban J connectivity index is 0.00000196. The van der Waals surface area contributed by atoms with Crippen molar-refractivity contribution >= 4 is 24.1 Å². The van der Waals surface area contributed by atoms with Gasteiger partial charge in [-0.3, -0.25) is 4.79 Å². The fourth-order valence-electron chi connectivity index (χ4n) is 1.03. The molecule has 1 aromatic rings. The van der Waals surface area contributed by atoms with Crippen molar-refractivity contribution in [1.29, 1.82) is 0 Å². The van der Waals surface area contributed by atoms with Gasteiger partial charge in [-0.1, -0.05) is 6.92 Å². The number of anilines is 1. The molecule has 0 saturated heterocycles. The van der Waals surface area contributed by atoms with E-state index in [1.165, 1.54) is 0 Å². The molecule has 1 amide bonds. The molecule has 0 aliphatic rings. The van der Waals surface area contributed by atoms with E-state index in [4.69, 9.17) is 5.73 Å². The number of nitrogens with zero attached hydrogens (tertiary/aromatic N) is 1. The van der Waals surface area contributed by atoms with E-state index >= 15 is 0 Å². The average Bonchev–Trinajstić information content (AvgIpc) is 2.18. The smallest absolute Gasteiger partial charge is 0.225 e. The number of carbonyl (C=O) groups is 1. The Morgan fingerprint density at radius 3 is 2.87 bits per heavy atom. The number of amides is 1. The highest BCUT2D eigenvalue weighted by Crippen LogP contribution is 2.12. The van der Waals surface area contributed by atoms with E-state index in [1.54, 1.807) is 19.2 Å². The topological polar surface area (TPSA) is 68.0 Å². The van der Waals surface area contributed by atoms with Crippen LogP contribution in [0.5, 0.6) is 0 Å². The molecular weight excluding hydrogens is 214 g/mol. The second kappa shape index (κ2) is 6.37. The average molecular weight is 230 g/mol. The Labute approximate surface area is 95.7 Å². The fourth-order valence-corrected chi connectivity index (χ4v) is 1.03. The maximum absolute atomic E-state index is 11.1. The minimum atomic E-state index is -0.0460. The van der Waals surface area contributed by atoms with Gasteiger partial charge in [0, 0.05) is 18.7 Å². The molecule has 84 valence electrons. The highest BCUT2D eigenvalue weighted by atomic mass is 35.5. The second-order valence-corrected chi connectivity index (χ2v) is 3.16. The van der Waals surface area contributed by atoms with Crippen LogP contribution in [0.2, 0.25) is 0 Å². The van der Waals surface area contributed by atoms with Gasteiger partial charge in [-0.05, 0) is 24.6 Å². The number of aromatic nitrogens is 1. The Morgan fingerprint density at radius 1 is 1.67 bits per heavy atom. The molecule has 0 aromatic carbocycles. The van der Waals surface area contributed by atoms with Crippen molar-refractivity contribution in [3.63, 3.8) is 0 Å². The van der Waals surface area contributed by atoms with Crippen LogP contribution in [0.15, 0.2) is 18.3 Å². The van der Waals surface area contributed by atoms with Crippen LogP contribution in [0.1, 0.15) is 31.9 Å². The van der Waals surface area contributed by atoms with Crippen molar-refractivity contribution in [2.24, 2.45) is 5.73 Å². The minimum Gasteiger partial charge on any atom is -0.324 e. The first kappa shape index (κ1) is 13.9. The first-order chi connectivity index (χ1) is 6.63. The molecule has 3 N–H and O–H groups in total. The van der Waals surface area contributed by atoms with Crippen molar-refractivity contribution in [3.05, 3.63) is 23.9 Å². The van der Waals surface area contributed by atoms with Crippen LogP contribution >= 0.6 is 12.4 Å². The third-order valence-corrected chi connectivity index (χ3v) is 1.90. The van der Waals surface area contributed by atoms with Gasteiger partial charge < -0.3 is 11.1 Å². The third-order valence-electron chi connectivity index (χ3n) is 1.90. The molecule has 4 nitrogen and oxygen atoms in total. The molecule has 1 atom stereocenters. The summed E-state index contributed by atoms with van der Waals surface area (Å²) < 4.78 is 0. The fraction of sp³-hybridized carbons (Fsp3) is 0.400. The lowest BCUT2D eigenvalue weighted by molar-refractivity contribution is -0.115. The molecule has 0 aliphatic heterocycles. The van der Waals surface area contributed by atoms with Gasteiger partial charge in [0.05, 0.1) is 0 Å². The van der Waals surface area contributed by atoms with E-state index in [0.717, 1.165) is 5.56 Å². The maximum Gasteiger partial charge on any atom is 0.225 e. The van der Waals surface area contributed by atoms with Crippen molar-refractivity contribution in [2.75, 3.05) is 5.32 Å². The van der Waals surface area contributed by atoms with E-state index in [0.29, 0.717) is 12.2 Å². The molecule has 0 spiro atoms. The zero-order valence-electron chi connectivity index (χ0n) is 8.86. The van der Waals surface area contributed by atoms with Crippen molar-refractivity contribution in [1.82, 2.24) is 4.98 Å². The zero-order chi connectivity index (χ0) is 10.6. The summed E-state index contributed by atoms with van der Waals surface area (Å²) in [5.74, 6) is 0.519. The first-order valence-electron chi connectivity index (χ1n) is 4.65. The summed E-state index contributed by atoms with van der Waals surface area (Å²) in [5.41, 5.74) is 6.67. The molecule has 0 fully saturated rings. The van der Waals surface area contributed by atoms with Crippen molar-refractivity contribution < 1.29 is 4.79 Å². The summed E-state index contributed by atoms with van der Waals surface area (Å²) in [6, 6.07) is 3.58. The molecule has 0 bridgehead atoms. The monoisotopic (exact) mass is 229 g/mol. The summed E-state index contributed by atoms with van der Waals surface area (Å²) in [5, 5.41) is 2.68. The molecule has 0 saturated carbocycles. The van der Waals surface area contributed by atoms with Crippen LogP contribution in [0.4, 0.5) is 5.82 Å². The van der Waals surface area contributed by atoms with Crippen LogP contribution in [0.3, 0.4) is 0 Å². The predicted octanol–water partition coefficient (Wildman–Crippen LogP) is 1.87. The Hall–Kier alpha value is -1.13. The van der Waals surface area contributed by atoms with Crippen LogP contribution in [0, 0.1) is 0 Å². The molecule has 1 heterocycles. The van der Waals surface area contributed by atoms with Gasteiger partial charge in [0.25, 0.3) is 0 Å².